The van der Waals surface area contributed by atoms with Gasteiger partial charge < -0.3 is 14.6 Å². The number of ether oxygens (including phenoxy) is 1. The van der Waals surface area contributed by atoms with E-state index in [2.05, 4.69) is 15.6 Å². The number of carbonyl (C=O) groups is 1. The number of aryl methyl sites for hydroxylation is 2. The molecule has 0 aliphatic heterocycles. The van der Waals surface area contributed by atoms with E-state index in [-0.39, 0.29) is 12.1 Å². The van der Waals surface area contributed by atoms with Crippen LogP contribution in [0.2, 0.25) is 5.02 Å². The Morgan fingerprint density at radius 3 is 2.65 bits per heavy atom. The standard InChI is InChI=1S/C22H19ClN4O4/c1-12-4-7-15(23)10-17(12)24-18(28)11-27-22(29)21-19(13(2)31-26-21)20(25-27)14-5-8-16(30-3)9-6-14/h4-10H,11H2,1-3H3,(H,24,28). The number of halogens is 1. The summed E-state index contributed by atoms with van der Waals surface area (Å²) in [5.74, 6) is 0.739. The van der Waals surface area contributed by atoms with E-state index < -0.39 is 11.5 Å². The lowest BCUT2D eigenvalue weighted by Crippen LogP contribution is -2.30. The van der Waals surface area contributed by atoms with E-state index >= 15 is 0 Å². The van der Waals surface area contributed by atoms with Gasteiger partial charge in [-0.05, 0) is 55.8 Å². The van der Waals surface area contributed by atoms with Gasteiger partial charge in [-0.25, -0.2) is 4.68 Å². The zero-order valence-corrected chi connectivity index (χ0v) is 17.9. The maximum absolute atomic E-state index is 12.9. The van der Waals surface area contributed by atoms with Gasteiger partial charge in [0.1, 0.15) is 23.7 Å². The molecule has 158 valence electrons. The number of carbonyl (C=O) groups excluding carboxylic acids is 1. The number of methoxy groups -OCH3 is 1. The van der Waals surface area contributed by atoms with E-state index in [0.717, 1.165) is 15.8 Å². The summed E-state index contributed by atoms with van der Waals surface area (Å²) < 4.78 is 11.5. The van der Waals surface area contributed by atoms with Crippen LogP contribution in [0.4, 0.5) is 5.69 Å². The SMILES string of the molecule is COc1ccc(-c2nn(CC(=O)Nc3cc(Cl)ccc3C)c(=O)c3noc(C)c23)cc1. The summed E-state index contributed by atoms with van der Waals surface area (Å²) in [5.41, 5.74) is 2.24. The third-order valence-corrected chi connectivity index (χ3v) is 5.12. The molecule has 2 heterocycles. The Morgan fingerprint density at radius 2 is 1.94 bits per heavy atom. The van der Waals surface area contributed by atoms with Gasteiger partial charge in [0.25, 0.3) is 5.56 Å². The average molecular weight is 439 g/mol. The van der Waals surface area contributed by atoms with E-state index in [1.54, 1.807) is 44.4 Å². The number of hydrogen-bond acceptors (Lipinski definition) is 6. The Bertz CT molecular complexity index is 1340. The van der Waals surface area contributed by atoms with Crippen LogP contribution in [0, 0.1) is 13.8 Å². The summed E-state index contributed by atoms with van der Waals surface area (Å²) >= 11 is 6.02. The molecule has 0 aliphatic rings. The zero-order chi connectivity index (χ0) is 22.1. The highest BCUT2D eigenvalue weighted by molar-refractivity contribution is 6.31. The Hall–Kier alpha value is -3.65. The number of benzene rings is 2. The monoisotopic (exact) mass is 438 g/mol. The van der Waals surface area contributed by atoms with Gasteiger partial charge >= 0.3 is 0 Å². The summed E-state index contributed by atoms with van der Waals surface area (Å²) in [7, 11) is 1.58. The van der Waals surface area contributed by atoms with Crippen LogP contribution in [0.1, 0.15) is 11.3 Å². The Morgan fingerprint density at radius 1 is 1.19 bits per heavy atom. The number of fused-ring (bicyclic) bond motifs is 1. The first-order valence-electron chi connectivity index (χ1n) is 9.45. The van der Waals surface area contributed by atoms with Gasteiger partial charge in [0, 0.05) is 16.3 Å². The summed E-state index contributed by atoms with van der Waals surface area (Å²) in [6.45, 7) is 3.26. The van der Waals surface area contributed by atoms with Crippen LogP contribution in [-0.2, 0) is 11.3 Å². The molecule has 9 heteroatoms. The summed E-state index contributed by atoms with van der Waals surface area (Å²) in [4.78, 5) is 25.5. The lowest BCUT2D eigenvalue weighted by atomic mass is 10.1. The van der Waals surface area contributed by atoms with Crippen molar-refractivity contribution in [1.82, 2.24) is 14.9 Å². The molecule has 2 aromatic heterocycles. The number of hydrogen-bond donors (Lipinski definition) is 1. The Kier molecular flexibility index (Phi) is 5.48. The highest BCUT2D eigenvalue weighted by Gasteiger charge is 2.20. The molecular formula is C22H19ClN4O4. The van der Waals surface area contributed by atoms with Crippen molar-refractivity contribution in [2.45, 2.75) is 20.4 Å². The van der Waals surface area contributed by atoms with Gasteiger partial charge in [-0.1, -0.05) is 22.8 Å². The lowest BCUT2D eigenvalue weighted by molar-refractivity contribution is -0.117. The first-order valence-corrected chi connectivity index (χ1v) is 9.82. The minimum atomic E-state index is -0.512. The Balaban J connectivity index is 1.74. The lowest BCUT2D eigenvalue weighted by Gasteiger charge is -2.11. The van der Waals surface area contributed by atoms with Gasteiger partial charge in [-0.2, -0.15) is 5.10 Å². The zero-order valence-electron chi connectivity index (χ0n) is 17.1. The number of amides is 1. The molecule has 0 radical (unpaired) electrons. The van der Waals surface area contributed by atoms with Crippen LogP contribution in [-0.4, -0.2) is 28.0 Å². The van der Waals surface area contributed by atoms with Crippen LogP contribution in [0.5, 0.6) is 5.75 Å². The molecule has 1 N–H and O–H groups in total. The number of anilines is 1. The van der Waals surface area contributed by atoms with E-state index in [1.807, 2.05) is 19.1 Å². The molecule has 2 aromatic carbocycles. The highest BCUT2D eigenvalue weighted by Crippen LogP contribution is 2.28. The largest absolute Gasteiger partial charge is 0.497 e. The molecule has 0 saturated carbocycles. The quantitative estimate of drug-likeness (QED) is 0.506. The molecule has 0 bridgehead atoms. The van der Waals surface area contributed by atoms with Crippen molar-refractivity contribution in [1.29, 1.82) is 0 Å². The van der Waals surface area contributed by atoms with Crippen LogP contribution in [0.15, 0.2) is 51.8 Å². The molecule has 4 aromatic rings. The van der Waals surface area contributed by atoms with E-state index in [0.29, 0.717) is 33.3 Å². The smallest absolute Gasteiger partial charge is 0.297 e. The molecule has 8 nitrogen and oxygen atoms in total. The highest BCUT2D eigenvalue weighted by atomic mass is 35.5. The summed E-state index contributed by atoms with van der Waals surface area (Å²) in [5, 5.41) is 12.1. The van der Waals surface area contributed by atoms with E-state index in [1.165, 1.54) is 0 Å². The fraction of sp³-hybridized carbons (Fsp3) is 0.182. The number of nitrogens with zero attached hydrogens (tertiary/aromatic N) is 3. The van der Waals surface area contributed by atoms with Crippen molar-refractivity contribution in [2.75, 3.05) is 12.4 Å². The first-order chi connectivity index (χ1) is 14.9. The molecule has 1 amide bonds. The molecule has 0 unspecified atom stereocenters. The van der Waals surface area contributed by atoms with Crippen molar-refractivity contribution < 1.29 is 14.1 Å². The number of rotatable bonds is 5. The molecule has 0 aliphatic carbocycles. The van der Waals surface area contributed by atoms with E-state index in [4.69, 9.17) is 20.9 Å². The predicted octanol–water partition coefficient (Wildman–Crippen LogP) is 3.97. The second-order valence-electron chi connectivity index (χ2n) is 7.01. The second-order valence-corrected chi connectivity index (χ2v) is 7.45. The van der Waals surface area contributed by atoms with E-state index in [9.17, 15) is 9.59 Å². The maximum Gasteiger partial charge on any atom is 0.297 e. The minimum absolute atomic E-state index is 0.116. The minimum Gasteiger partial charge on any atom is -0.497 e. The number of nitrogens with one attached hydrogen (secondary N) is 1. The van der Waals surface area contributed by atoms with Crippen LogP contribution >= 0.6 is 11.6 Å². The van der Waals surface area contributed by atoms with Crippen molar-refractivity contribution in [3.05, 3.63) is 69.2 Å². The second kappa shape index (κ2) is 8.23. The fourth-order valence-electron chi connectivity index (χ4n) is 3.25. The molecule has 4 rings (SSSR count). The predicted molar refractivity (Wildman–Crippen MR) is 118 cm³/mol. The third-order valence-electron chi connectivity index (χ3n) is 4.89. The van der Waals surface area contributed by atoms with Gasteiger partial charge in [0.15, 0.2) is 5.52 Å². The molecule has 0 saturated heterocycles. The molecular weight excluding hydrogens is 420 g/mol. The van der Waals surface area contributed by atoms with Crippen LogP contribution in [0.25, 0.3) is 22.2 Å². The molecule has 0 spiro atoms. The fourth-order valence-corrected chi connectivity index (χ4v) is 3.42. The number of aromatic nitrogens is 3. The maximum atomic E-state index is 12.9. The summed E-state index contributed by atoms with van der Waals surface area (Å²) in [6, 6.07) is 12.4. The van der Waals surface area contributed by atoms with Gasteiger partial charge in [0.2, 0.25) is 5.91 Å². The molecule has 0 fully saturated rings. The molecule has 31 heavy (non-hydrogen) atoms. The van der Waals surface area contributed by atoms with Gasteiger partial charge in [-0.3, -0.25) is 9.59 Å². The van der Waals surface area contributed by atoms with Gasteiger partial charge in [-0.15, -0.1) is 0 Å². The van der Waals surface area contributed by atoms with Crippen molar-refractivity contribution >= 4 is 34.1 Å². The third kappa shape index (κ3) is 4.02. The molecule has 0 atom stereocenters. The van der Waals surface area contributed by atoms with Crippen LogP contribution < -0.4 is 15.6 Å². The van der Waals surface area contributed by atoms with Crippen molar-refractivity contribution in [3.8, 4) is 17.0 Å². The van der Waals surface area contributed by atoms with Crippen LogP contribution in [0.3, 0.4) is 0 Å². The topological polar surface area (TPSA) is 99.2 Å². The van der Waals surface area contributed by atoms with Gasteiger partial charge in [0.05, 0.1) is 12.5 Å². The summed E-state index contributed by atoms with van der Waals surface area (Å²) in [6.07, 6.45) is 0. The first kappa shape index (κ1) is 20.6. The van der Waals surface area contributed by atoms with Crippen molar-refractivity contribution in [3.63, 3.8) is 0 Å². The van der Waals surface area contributed by atoms with Crippen molar-refractivity contribution in [2.24, 2.45) is 0 Å². The normalized spacial score (nSPS) is 11.0. The Labute approximate surface area is 182 Å². The average Bonchev–Trinajstić information content (AvgIpc) is 3.15.